The zero-order valence-electron chi connectivity index (χ0n) is 15.9. The van der Waals surface area contributed by atoms with E-state index in [9.17, 15) is 14.4 Å². The van der Waals surface area contributed by atoms with Gasteiger partial charge in [0.2, 0.25) is 0 Å². The number of hydrogen-bond donors (Lipinski definition) is 3. The van der Waals surface area contributed by atoms with Crippen LogP contribution in [0.15, 0.2) is 42.5 Å². The molecule has 0 heterocycles. The van der Waals surface area contributed by atoms with Gasteiger partial charge in [-0.25, -0.2) is 9.59 Å². The van der Waals surface area contributed by atoms with E-state index in [1.807, 2.05) is 55.6 Å². The molecule has 0 spiro atoms. The number of esters is 1. The Balaban J connectivity index is 1.93. The highest BCUT2D eigenvalue weighted by Gasteiger charge is 2.22. The second kappa shape index (κ2) is 10.6. The second-order valence-electron chi connectivity index (χ2n) is 6.31. The number of urea groups is 1. The van der Waals surface area contributed by atoms with Gasteiger partial charge in [-0.3, -0.25) is 4.79 Å². The molecule has 150 valence electrons. The van der Waals surface area contributed by atoms with Crippen molar-refractivity contribution in [2.45, 2.75) is 25.4 Å². The van der Waals surface area contributed by atoms with Crippen LogP contribution in [0.5, 0.6) is 0 Å². The Hall–Kier alpha value is -2.74. The first-order valence-electron chi connectivity index (χ1n) is 8.91. The number of nitrogens with one attached hydrogen (secondary N) is 2. The number of thioether (sulfide) groups is 1. The molecule has 0 radical (unpaired) electrons. The standard InChI is InChI=1S/C20H25N3O4S/c1-13(15-9-5-7-14-6-3-4-8-16(14)15)22-18(24)12-27-19(25)17(10-11-28-2)23-20(21)26/h3-9,13,17H,10-12H2,1-2H3,(H,22,24)(H3,21,23,26)/t13-,17-/m0/s1. The fourth-order valence-electron chi connectivity index (χ4n) is 2.88. The number of amides is 3. The van der Waals surface area contributed by atoms with E-state index in [0.29, 0.717) is 12.2 Å². The molecule has 0 fully saturated rings. The Morgan fingerprint density at radius 3 is 2.54 bits per heavy atom. The molecule has 0 aromatic heterocycles. The van der Waals surface area contributed by atoms with Crippen LogP contribution in [0, 0.1) is 0 Å². The molecular weight excluding hydrogens is 378 g/mol. The molecule has 3 amide bonds. The molecule has 28 heavy (non-hydrogen) atoms. The quantitative estimate of drug-likeness (QED) is 0.557. The molecule has 0 bridgehead atoms. The van der Waals surface area contributed by atoms with Gasteiger partial charge in [0.15, 0.2) is 6.61 Å². The van der Waals surface area contributed by atoms with Crippen LogP contribution in [0.3, 0.4) is 0 Å². The van der Waals surface area contributed by atoms with Gasteiger partial charge in [-0.15, -0.1) is 0 Å². The lowest BCUT2D eigenvalue weighted by atomic mass is 10.00. The van der Waals surface area contributed by atoms with Gasteiger partial charge in [0, 0.05) is 0 Å². The third-order valence-corrected chi connectivity index (χ3v) is 4.87. The number of carbonyl (C=O) groups is 3. The lowest BCUT2D eigenvalue weighted by molar-refractivity contribution is -0.150. The van der Waals surface area contributed by atoms with E-state index in [1.54, 1.807) is 0 Å². The van der Waals surface area contributed by atoms with Crippen LogP contribution in [0.2, 0.25) is 0 Å². The first-order chi connectivity index (χ1) is 13.4. The molecule has 0 saturated heterocycles. The van der Waals surface area contributed by atoms with Gasteiger partial charge in [-0.2, -0.15) is 11.8 Å². The van der Waals surface area contributed by atoms with Crippen molar-refractivity contribution in [1.29, 1.82) is 0 Å². The molecule has 7 nitrogen and oxygen atoms in total. The summed E-state index contributed by atoms with van der Waals surface area (Å²) in [5.41, 5.74) is 6.07. The topological polar surface area (TPSA) is 111 Å². The predicted molar refractivity (Wildman–Crippen MR) is 111 cm³/mol. The predicted octanol–water partition coefficient (Wildman–Crippen LogP) is 2.35. The highest BCUT2D eigenvalue weighted by molar-refractivity contribution is 7.98. The second-order valence-corrected chi connectivity index (χ2v) is 7.29. The number of hydrogen-bond acceptors (Lipinski definition) is 5. The minimum absolute atomic E-state index is 0.256. The van der Waals surface area contributed by atoms with Crippen LogP contribution in [-0.2, 0) is 14.3 Å². The van der Waals surface area contributed by atoms with Crippen LogP contribution in [0.1, 0.15) is 24.9 Å². The summed E-state index contributed by atoms with van der Waals surface area (Å²) in [4.78, 5) is 35.4. The summed E-state index contributed by atoms with van der Waals surface area (Å²) in [6.45, 7) is 1.45. The maximum Gasteiger partial charge on any atom is 0.329 e. The maximum absolute atomic E-state index is 12.2. The lowest BCUT2D eigenvalue weighted by Gasteiger charge is -2.18. The van der Waals surface area contributed by atoms with Gasteiger partial charge in [-0.05, 0) is 41.7 Å². The zero-order chi connectivity index (χ0) is 20.5. The number of ether oxygens (including phenoxy) is 1. The van der Waals surface area contributed by atoms with Gasteiger partial charge in [0.1, 0.15) is 6.04 Å². The molecule has 8 heteroatoms. The van der Waals surface area contributed by atoms with Crippen molar-refractivity contribution in [2.75, 3.05) is 18.6 Å². The Morgan fingerprint density at radius 2 is 1.82 bits per heavy atom. The number of benzene rings is 2. The zero-order valence-corrected chi connectivity index (χ0v) is 16.8. The SMILES string of the molecule is CSCC[C@H](NC(N)=O)C(=O)OCC(=O)N[C@@H](C)c1cccc2ccccc12. The number of nitrogens with two attached hydrogens (primary N) is 1. The molecule has 0 aliphatic carbocycles. The molecule has 0 aliphatic heterocycles. The van der Waals surface area contributed by atoms with Crippen molar-refractivity contribution in [3.63, 3.8) is 0 Å². The van der Waals surface area contributed by atoms with Gasteiger partial charge < -0.3 is 21.1 Å². The molecule has 2 aromatic carbocycles. The summed E-state index contributed by atoms with van der Waals surface area (Å²) in [5, 5.41) is 7.32. The van der Waals surface area contributed by atoms with Crippen molar-refractivity contribution in [1.82, 2.24) is 10.6 Å². The van der Waals surface area contributed by atoms with Crippen molar-refractivity contribution in [3.8, 4) is 0 Å². The minimum atomic E-state index is -0.867. The van der Waals surface area contributed by atoms with E-state index < -0.39 is 30.6 Å². The summed E-state index contributed by atoms with van der Waals surface area (Å²) in [6.07, 6.45) is 2.26. The number of carbonyl (C=O) groups excluding carboxylic acids is 3. The first-order valence-corrected chi connectivity index (χ1v) is 10.3. The van der Waals surface area contributed by atoms with Crippen LogP contribution in [-0.4, -0.2) is 42.6 Å². The van der Waals surface area contributed by atoms with E-state index >= 15 is 0 Å². The molecule has 2 atom stereocenters. The van der Waals surface area contributed by atoms with Crippen LogP contribution in [0.25, 0.3) is 10.8 Å². The smallest absolute Gasteiger partial charge is 0.329 e. The number of fused-ring (bicyclic) bond motifs is 1. The summed E-state index contributed by atoms with van der Waals surface area (Å²) in [5.74, 6) is -0.457. The number of primary amides is 1. The monoisotopic (exact) mass is 403 g/mol. The fourth-order valence-corrected chi connectivity index (χ4v) is 3.35. The van der Waals surface area contributed by atoms with Gasteiger partial charge in [-0.1, -0.05) is 42.5 Å². The first kappa shape index (κ1) is 21.6. The van der Waals surface area contributed by atoms with Crippen LogP contribution < -0.4 is 16.4 Å². The van der Waals surface area contributed by atoms with Crippen molar-refractivity contribution >= 4 is 40.4 Å². The molecule has 2 rings (SSSR count). The van der Waals surface area contributed by atoms with Crippen LogP contribution >= 0.6 is 11.8 Å². The average Bonchev–Trinajstić information content (AvgIpc) is 2.68. The summed E-state index contributed by atoms with van der Waals surface area (Å²) >= 11 is 1.53. The van der Waals surface area contributed by atoms with E-state index in [1.165, 1.54) is 11.8 Å². The van der Waals surface area contributed by atoms with Gasteiger partial charge in [0.25, 0.3) is 5.91 Å². The van der Waals surface area contributed by atoms with Gasteiger partial charge in [0.05, 0.1) is 6.04 Å². The lowest BCUT2D eigenvalue weighted by Crippen LogP contribution is -2.45. The molecule has 0 saturated carbocycles. The highest BCUT2D eigenvalue weighted by atomic mass is 32.2. The Kier molecular flexibility index (Phi) is 8.13. The molecule has 0 aliphatic rings. The average molecular weight is 404 g/mol. The Labute approximate surface area is 168 Å². The van der Waals surface area contributed by atoms with Gasteiger partial charge >= 0.3 is 12.0 Å². The highest BCUT2D eigenvalue weighted by Crippen LogP contribution is 2.23. The largest absolute Gasteiger partial charge is 0.454 e. The fraction of sp³-hybridized carbons (Fsp3) is 0.350. The summed E-state index contributed by atoms with van der Waals surface area (Å²) < 4.78 is 5.06. The third-order valence-electron chi connectivity index (χ3n) is 4.22. The molecule has 4 N–H and O–H groups in total. The Morgan fingerprint density at radius 1 is 1.11 bits per heavy atom. The van der Waals surface area contributed by atoms with E-state index in [4.69, 9.17) is 10.5 Å². The van der Waals surface area contributed by atoms with E-state index in [-0.39, 0.29) is 6.04 Å². The normalized spacial score (nSPS) is 12.8. The number of rotatable bonds is 9. The molecule has 0 unspecified atom stereocenters. The minimum Gasteiger partial charge on any atom is -0.454 e. The third kappa shape index (κ3) is 6.16. The van der Waals surface area contributed by atoms with Crippen LogP contribution in [0.4, 0.5) is 4.79 Å². The molecular formula is C20H25N3O4S. The molecule has 2 aromatic rings. The summed E-state index contributed by atoms with van der Waals surface area (Å²) in [6, 6.07) is 11.9. The van der Waals surface area contributed by atoms with Crippen molar-refractivity contribution in [2.24, 2.45) is 5.73 Å². The Bertz CT molecular complexity index is 838. The van der Waals surface area contributed by atoms with Crippen molar-refractivity contribution < 1.29 is 19.1 Å². The van der Waals surface area contributed by atoms with E-state index in [2.05, 4.69) is 10.6 Å². The summed E-state index contributed by atoms with van der Waals surface area (Å²) in [7, 11) is 0. The van der Waals surface area contributed by atoms with E-state index in [0.717, 1.165) is 16.3 Å². The maximum atomic E-state index is 12.2. The van der Waals surface area contributed by atoms with Crippen molar-refractivity contribution in [3.05, 3.63) is 48.0 Å².